The van der Waals surface area contributed by atoms with Crippen LogP contribution >= 0.6 is 11.8 Å². The minimum Gasteiger partial charge on any atom is -0.398 e. The van der Waals surface area contributed by atoms with E-state index in [-0.39, 0.29) is 5.69 Å². The van der Waals surface area contributed by atoms with Gasteiger partial charge in [0.2, 0.25) is 5.91 Å². The smallest absolute Gasteiger partial charge is 0.343 e. The van der Waals surface area contributed by atoms with Crippen LogP contribution in [0.1, 0.15) is 10.4 Å². The molecule has 7 nitrogen and oxygen atoms in total. The fraction of sp³-hybridized carbons (Fsp3) is 0.100. The third kappa shape index (κ3) is 2.23. The molecule has 18 heavy (non-hydrogen) atoms. The van der Waals surface area contributed by atoms with Gasteiger partial charge in [-0.05, 0) is 30.0 Å². The summed E-state index contributed by atoms with van der Waals surface area (Å²) in [4.78, 5) is 22.9. The number of benzene rings is 1. The molecule has 2 aromatic rings. The van der Waals surface area contributed by atoms with Gasteiger partial charge in [0.15, 0.2) is 5.16 Å². The molecule has 8 heteroatoms. The summed E-state index contributed by atoms with van der Waals surface area (Å²) in [6.45, 7) is 0. The Bertz CT molecular complexity index is 661. The van der Waals surface area contributed by atoms with Crippen LogP contribution in [0.2, 0.25) is 0 Å². The van der Waals surface area contributed by atoms with Crippen LogP contribution < -0.4 is 17.2 Å². The Balaban J connectivity index is 2.33. The van der Waals surface area contributed by atoms with Crippen molar-refractivity contribution in [2.45, 2.75) is 10.1 Å². The fourth-order valence-electron chi connectivity index (χ4n) is 1.32. The number of nitrogens with two attached hydrogens (primary N) is 2. The van der Waals surface area contributed by atoms with Crippen molar-refractivity contribution < 1.29 is 4.79 Å². The maximum absolute atomic E-state index is 11.2. The number of hydrogen-bond acceptors (Lipinski definition) is 5. The molecular formula is C10H11N5O2S. The summed E-state index contributed by atoms with van der Waals surface area (Å²) in [6.07, 6.45) is 0. The highest BCUT2D eigenvalue weighted by Gasteiger charge is 2.10. The van der Waals surface area contributed by atoms with Gasteiger partial charge in [-0.3, -0.25) is 9.36 Å². The summed E-state index contributed by atoms with van der Waals surface area (Å²) in [5.74, 6) is -0.537. The number of rotatable bonds is 3. The molecule has 0 spiro atoms. The van der Waals surface area contributed by atoms with Crippen molar-refractivity contribution in [3.63, 3.8) is 0 Å². The van der Waals surface area contributed by atoms with E-state index in [0.29, 0.717) is 21.3 Å². The third-order valence-corrected chi connectivity index (χ3v) is 3.47. The van der Waals surface area contributed by atoms with Gasteiger partial charge < -0.3 is 11.5 Å². The van der Waals surface area contributed by atoms with E-state index in [9.17, 15) is 9.59 Å². The molecule has 0 bridgehead atoms. The number of anilines is 1. The molecular weight excluding hydrogens is 254 g/mol. The molecule has 2 rings (SSSR count). The first-order valence-electron chi connectivity index (χ1n) is 4.97. The van der Waals surface area contributed by atoms with Crippen molar-refractivity contribution in [1.29, 1.82) is 0 Å². The lowest BCUT2D eigenvalue weighted by Gasteiger charge is -2.05. The van der Waals surface area contributed by atoms with E-state index >= 15 is 0 Å². The number of nitrogens with one attached hydrogen (secondary N) is 1. The van der Waals surface area contributed by atoms with Crippen LogP contribution in [0.4, 0.5) is 5.69 Å². The van der Waals surface area contributed by atoms with Crippen molar-refractivity contribution in [3.05, 3.63) is 34.2 Å². The zero-order chi connectivity index (χ0) is 13.3. The second-order valence-electron chi connectivity index (χ2n) is 3.59. The Labute approximate surface area is 106 Å². The summed E-state index contributed by atoms with van der Waals surface area (Å²) in [6, 6.07) is 4.74. The van der Waals surface area contributed by atoms with Crippen LogP contribution in [-0.2, 0) is 7.05 Å². The number of amides is 1. The molecule has 1 amide bonds. The summed E-state index contributed by atoms with van der Waals surface area (Å²) in [5.41, 5.74) is 11.4. The van der Waals surface area contributed by atoms with Crippen molar-refractivity contribution >= 4 is 23.4 Å². The minimum absolute atomic E-state index is 0.301. The van der Waals surface area contributed by atoms with Gasteiger partial charge in [0, 0.05) is 23.2 Å². The number of nitrogen functional groups attached to an aromatic ring is 1. The molecule has 0 unspecified atom stereocenters. The highest BCUT2D eigenvalue weighted by Crippen LogP contribution is 2.30. The predicted octanol–water partition coefficient (Wildman–Crippen LogP) is -0.0593. The quantitative estimate of drug-likeness (QED) is 0.671. The van der Waals surface area contributed by atoms with Crippen LogP contribution in [0.5, 0.6) is 0 Å². The van der Waals surface area contributed by atoms with Gasteiger partial charge in [-0.1, -0.05) is 0 Å². The van der Waals surface area contributed by atoms with Crippen molar-refractivity contribution in [2.75, 3.05) is 5.73 Å². The molecule has 0 atom stereocenters. The topological polar surface area (TPSA) is 120 Å². The number of H-pyrrole nitrogens is 1. The minimum atomic E-state index is -0.537. The standard InChI is InChI=1S/C10H11N5O2S/c1-15-9(17)13-14-10(15)18-7-3-2-5(8(12)16)4-6(7)11/h2-4H,11H2,1H3,(H2,12,16)(H,13,17). The van der Waals surface area contributed by atoms with Crippen LogP contribution in [-0.4, -0.2) is 20.7 Å². The molecule has 0 saturated heterocycles. The third-order valence-electron chi connectivity index (χ3n) is 2.33. The lowest BCUT2D eigenvalue weighted by atomic mass is 10.2. The lowest BCUT2D eigenvalue weighted by molar-refractivity contribution is 0.100. The first-order valence-corrected chi connectivity index (χ1v) is 5.79. The molecule has 0 aliphatic rings. The Morgan fingerprint density at radius 2 is 2.22 bits per heavy atom. The first kappa shape index (κ1) is 12.2. The van der Waals surface area contributed by atoms with Gasteiger partial charge in [-0.15, -0.1) is 5.10 Å². The van der Waals surface area contributed by atoms with Gasteiger partial charge in [0.1, 0.15) is 0 Å². The fourth-order valence-corrected chi connectivity index (χ4v) is 2.14. The number of aromatic nitrogens is 3. The maximum atomic E-state index is 11.2. The number of hydrogen-bond donors (Lipinski definition) is 3. The zero-order valence-corrected chi connectivity index (χ0v) is 10.3. The number of nitrogens with zero attached hydrogens (tertiary/aromatic N) is 2. The average Bonchev–Trinajstić information content (AvgIpc) is 2.63. The van der Waals surface area contributed by atoms with E-state index in [1.807, 2.05) is 0 Å². The summed E-state index contributed by atoms with van der Waals surface area (Å²) in [5, 5.41) is 6.66. The number of carbonyl (C=O) groups is 1. The zero-order valence-electron chi connectivity index (χ0n) is 9.51. The van der Waals surface area contributed by atoms with Gasteiger partial charge >= 0.3 is 5.69 Å². The normalized spacial score (nSPS) is 10.5. The summed E-state index contributed by atoms with van der Waals surface area (Å²) in [7, 11) is 1.60. The van der Waals surface area contributed by atoms with Gasteiger partial charge in [0.05, 0.1) is 0 Å². The molecule has 1 aromatic carbocycles. The predicted molar refractivity (Wildman–Crippen MR) is 67.3 cm³/mol. The summed E-state index contributed by atoms with van der Waals surface area (Å²) >= 11 is 1.23. The van der Waals surface area contributed by atoms with Crippen LogP contribution in [0.15, 0.2) is 33.0 Å². The van der Waals surface area contributed by atoms with E-state index in [1.54, 1.807) is 19.2 Å². The summed E-state index contributed by atoms with van der Waals surface area (Å²) < 4.78 is 1.37. The van der Waals surface area contributed by atoms with E-state index in [1.165, 1.54) is 22.4 Å². The molecule has 0 fully saturated rings. The first-order chi connectivity index (χ1) is 8.49. The average molecular weight is 265 g/mol. The van der Waals surface area contributed by atoms with Crippen molar-refractivity contribution in [1.82, 2.24) is 14.8 Å². The Morgan fingerprint density at radius 1 is 1.50 bits per heavy atom. The molecule has 0 radical (unpaired) electrons. The Morgan fingerprint density at radius 3 is 2.72 bits per heavy atom. The number of carbonyl (C=O) groups excluding carboxylic acids is 1. The van der Waals surface area contributed by atoms with E-state index < -0.39 is 5.91 Å². The maximum Gasteiger partial charge on any atom is 0.343 e. The SMILES string of the molecule is Cn1c(Sc2ccc(C(N)=O)cc2N)n[nH]c1=O. The monoisotopic (exact) mass is 265 g/mol. The van der Waals surface area contributed by atoms with Crippen molar-refractivity contribution in [3.8, 4) is 0 Å². The van der Waals surface area contributed by atoms with Crippen molar-refractivity contribution in [2.24, 2.45) is 12.8 Å². The highest BCUT2D eigenvalue weighted by atomic mass is 32.2. The number of aromatic amines is 1. The molecule has 0 aliphatic carbocycles. The largest absolute Gasteiger partial charge is 0.398 e. The van der Waals surface area contributed by atoms with Gasteiger partial charge in [-0.2, -0.15) is 0 Å². The molecule has 0 aliphatic heterocycles. The van der Waals surface area contributed by atoms with Gasteiger partial charge in [0.25, 0.3) is 0 Å². The second-order valence-corrected chi connectivity index (χ2v) is 4.60. The lowest BCUT2D eigenvalue weighted by Crippen LogP contribution is -2.13. The Kier molecular flexibility index (Phi) is 3.11. The van der Waals surface area contributed by atoms with Crippen LogP contribution in [0, 0.1) is 0 Å². The molecule has 1 aromatic heterocycles. The molecule has 1 heterocycles. The van der Waals surface area contributed by atoms with E-state index in [0.717, 1.165) is 0 Å². The van der Waals surface area contributed by atoms with Crippen LogP contribution in [0.25, 0.3) is 0 Å². The molecule has 94 valence electrons. The van der Waals surface area contributed by atoms with Gasteiger partial charge in [-0.25, -0.2) is 9.89 Å². The molecule has 5 N–H and O–H groups in total. The highest BCUT2D eigenvalue weighted by molar-refractivity contribution is 7.99. The van der Waals surface area contributed by atoms with Crippen LogP contribution in [0.3, 0.4) is 0 Å². The molecule has 0 saturated carbocycles. The second kappa shape index (κ2) is 4.57. The Hall–Kier alpha value is -2.22. The van der Waals surface area contributed by atoms with E-state index in [2.05, 4.69) is 10.2 Å². The van der Waals surface area contributed by atoms with E-state index in [4.69, 9.17) is 11.5 Å². The number of primary amides is 1.